The molecule has 3 heteroatoms. The van der Waals surface area contributed by atoms with Crippen LogP contribution < -0.4 is 5.73 Å². The highest BCUT2D eigenvalue weighted by Crippen LogP contribution is 1.73. The van der Waals surface area contributed by atoms with E-state index in [1.54, 1.807) is 12.1 Å². The largest absolute Gasteiger partial charge is 0.390 e. The minimum absolute atomic E-state index is 0.0532. The van der Waals surface area contributed by atoms with Gasteiger partial charge in [0.05, 0.1) is 6.07 Å². The minimum Gasteiger partial charge on any atom is -0.390 e. The molecular weight excluding hydrogens is 90.1 g/mol. The Hall–Kier alpha value is -1.48. The smallest absolute Gasteiger partial charge is 0.121 e. The Morgan fingerprint density at radius 3 is 2.29 bits per heavy atom. The van der Waals surface area contributed by atoms with Crippen molar-refractivity contribution in [3.05, 3.63) is 11.8 Å². The van der Waals surface area contributed by atoms with Crippen molar-refractivity contribution in [1.29, 1.82) is 10.5 Å². The fraction of sp³-hybridized carbons (Fsp3) is 0. The molecule has 2 N–H and O–H groups in total. The van der Waals surface area contributed by atoms with Crippen molar-refractivity contribution in [3.63, 3.8) is 0 Å². The normalized spacial score (nSPS) is 9.14. The number of hydrogen-bond donors (Lipinski definition) is 1. The highest BCUT2D eigenvalue weighted by Gasteiger charge is 1.76. The van der Waals surface area contributed by atoms with Gasteiger partial charge in [0.15, 0.2) is 0 Å². The summed E-state index contributed by atoms with van der Waals surface area (Å²) in [6.07, 6.45) is 0.986. The lowest BCUT2D eigenvalue weighted by Gasteiger charge is -1.71. The van der Waals surface area contributed by atoms with E-state index in [1.165, 1.54) is 0 Å². The summed E-state index contributed by atoms with van der Waals surface area (Å²) >= 11 is 0. The number of nitrogens with zero attached hydrogens (tertiary/aromatic N) is 2. The van der Waals surface area contributed by atoms with E-state index in [9.17, 15) is 0 Å². The van der Waals surface area contributed by atoms with Crippen LogP contribution >= 0.6 is 0 Å². The molecule has 0 fully saturated rings. The molecule has 0 aromatic rings. The van der Waals surface area contributed by atoms with E-state index in [0.717, 1.165) is 6.08 Å². The molecule has 0 aliphatic rings. The van der Waals surface area contributed by atoms with Crippen LogP contribution in [-0.2, 0) is 0 Å². The van der Waals surface area contributed by atoms with E-state index >= 15 is 0 Å². The standard InChI is InChI=1S/C4H3N3/c5-2-1-4(7)3-6/h1H,7H2/b4-1-. The zero-order chi connectivity index (χ0) is 5.70. The van der Waals surface area contributed by atoms with Gasteiger partial charge in [0.25, 0.3) is 0 Å². The molecule has 0 bridgehead atoms. The van der Waals surface area contributed by atoms with Crippen molar-refractivity contribution in [2.75, 3.05) is 0 Å². The Morgan fingerprint density at radius 1 is 1.57 bits per heavy atom. The zero-order valence-electron chi connectivity index (χ0n) is 3.55. The van der Waals surface area contributed by atoms with Crippen LogP contribution in [0.1, 0.15) is 0 Å². The topological polar surface area (TPSA) is 73.6 Å². The lowest BCUT2D eigenvalue weighted by atomic mass is 10.5. The summed E-state index contributed by atoms with van der Waals surface area (Å²) in [4.78, 5) is 0. The Morgan fingerprint density at radius 2 is 2.14 bits per heavy atom. The van der Waals surface area contributed by atoms with Gasteiger partial charge in [-0.2, -0.15) is 10.5 Å². The van der Waals surface area contributed by atoms with E-state index in [2.05, 4.69) is 0 Å². The van der Waals surface area contributed by atoms with Crippen molar-refractivity contribution < 1.29 is 0 Å². The number of rotatable bonds is 0. The van der Waals surface area contributed by atoms with Crippen LogP contribution in [0.25, 0.3) is 0 Å². The van der Waals surface area contributed by atoms with Crippen LogP contribution in [0.2, 0.25) is 0 Å². The highest BCUT2D eigenvalue weighted by atomic mass is 14.6. The van der Waals surface area contributed by atoms with Crippen molar-refractivity contribution in [1.82, 2.24) is 0 Å². The van der Waals surface area contributed by atoms with Crippen LogP contribution in [0.5, 0.6) is 0 Å². The number of hydrogen-bond acceptors (Lipinski definition) is 3. The first kappa shape index (κ1) is 5.52. The summed E-state index contributed by atoms with van der Waals surface area (Å²) in [6.45, 7) is 0. The van der Waals surface area contributed by atoms with Crippen molar-refractivity contribution in [2.24, 2.45) is 5.73 Å². The molecule has 3 nitrogen and oxygen atoms in total. The van der Waals surface area contributed by atoms with E-state index < -0.39 is 0 Å². The summed E-state index contributed by atoms with van der Waals surface area (Å²) in [5.41, 5.74) is 4.81. The Balaban J connectivity index is 3.89. The first-order valence-electron chi connectivity index (χ1n) is 1.56. The van der Waals surface area contributed by atoms with Crippen LogP contribution in [0.4, 0.5) is 0 Å². The Bertz CT molecular complexity index is 155. The molecule has 0 unspecified atom stereocenters. The van der Waals surface area contributed by atoms with Gasteiger partial charge in [-0.15, -0.1) is 0 Å². The van der Waals surface area contributed by atoms with Crippen molar-refractivity contribution in [2.45, 2.75) is 0 Å². The van der Waals surface area contributed by atoms with Gasteiger partial charge in [-0.25, -0.2) is 0 Å². The average molecular weight is 93.1 g/mol. The van der Waals surface area contributed by atoms with E-state index in [1.807, 2.05) is 0 Å². The van der Waals surface area contributed by atoms with Crippen LogP contribution in [0.3, 0.4) is 0 Å². The van der Waals surface area contributed by atoms with Crippen molar-refractivity contribution >= 4 is 0 Å². The number of nitrogens with two attached hydrogens (primary N) is 1. The van der Waals surface area contributed by atoms with Crippen LogP contribution in [0.15, 0.2) is 11.8 Å². The second kappa shape index (κ2) is 2.74. The summed E-state index contributed by atoms with van der Waals surface area (Å²) in [5.74, 6) is 0. The maximum absolute atomic E-state index is 7.87. The third kappa shape index (κ3) is 2.32. The molecule has 0 spiro atoms. The molecule has 0 radical (unpaired) electrons. The van der Waals surface area contributed by atoms with Gasteiger partial charge in [-0.1, -0.05) is 0 Å². The molecule has 0 atom stereocenters. The maximum atomic E-state index is 7.87. The van der Waals surface area contributed by atoms with Gasteiger partial charge in [0.1, 0.15) is 11.8 Å². The Kier molecular flexibility index (Phi) is 2.16. The fourth-order valence-electron chi connectivity index (χ4n) is 0.102. The summed E-state index contributed by atoms with van der Waals surface area (Å²) in [5, 5.41) is 15.7. The van der Waals surface area contributed by atoms with Crippen molar-refractivity contribution in [3.8, 4) is 12.1 Å². The SMILES string of the molecule is N#C/C=C(\N)C#N. The van der Waals surface area contributed by atoms with E-state index in [-0.39, 0.29) is 5.70 Å². The van der Waals surface area contributed by atoms with E-state index in [0.29, 0.717) is 0 Å². The van der Waals surface area contributed by atoms with Gasteiger partial charge in [-0.3, -0.25) is 0 Å². The molecule has 0 saturated carbocycles. The maximum Gasteiger partial charge on any atom is 0.121 e. The monoisotopic (exact) mass is 93.0 g/mol. The Labute approximate surface area is 41.3 Å². The molecule has 0 amide bonds. The van der Waals surface area contributed by atoms with Gasteiger partial charge in [-0.05, 0) is 0 Å². The lowest BCUT2D eigenvalue weighted by molar-refractivity contribution is 1.38. The van der Waals surface area contributed by atoms with Gasteiger partial charge >= 0.3 is 0 Å². The zero-order valence-corrected chi connectivity index (χ0v) is 3.55. The fourth-order valence-corrected chi connectivity index (χ4v) is 0.102. The second-order valence-corrected chi connectivity index (χ2v) is 0.841. The van der Waals surface area contributed by atoms with Crippen LogP contribution in [0, 0.1) is 22.7 Å². The average Bonchev–Trinajstić information content (AvgIpc) is 1.68. The number of allylic oxidation sites excluding steroid dienone is 2. The summed E-state index contributed by atoms with van der Waals surface area (Å²) in [7, 11) is 0. The predicted molar refractivity (Wildman–Crippen MR) is 23.5 cm³/mol. The minimum atomic E-state index is -0.0532. The molecule has 7 heavy (non-hydrogen) atoms. The molecule has 0 saturated heterocycles. The van der Waals surface area contributed by atoms with Gasteiger partial charge in [0.2, 0.25) is 0 Å². The second-order valence-electron chi connectivity index (χ2n) is 0.841. The quantitative estimate of drug-likeness (QED) is 0.424. The predicted octanol–water partition coefficient (Wildman–Crippen LogP) is -0.124. The first-order valence-corrected chi connectivity index (χ1v) is 1.56. The molecule has 0 rings (SSSR count). The molecule has 0 aliphatic carbocycles. The molecule has 0 aromatic heterocycles. The molecular formula is C4H3N3. The van der Waals surface area contributed by atoms with Gasteiger partial charge in [0, 0.05) is 6.08 Å². The molecule has 0 heterocycles. The highest BCUT2D eigenvalue weighted by molar-refractivity contribution is 5.22. The van der Waals surface area contributed by atoms with E-state index in [4.69, 9.17) is 16.3 Å². The molecule has 0 aromatic carbocycles. The van der Waals surface area contributed by atoms with Crippen LogP contribution in [-0.4, -0.2) is 0 Å². The third-order valence-corrected chi connectivity index (χ3v) is 0.349. The first-order chi connectivity index (χ1) is 3.31. The number of nitriles is 2. The molecule has 0 aliphatic heterocycles. The molecule has 34 valence electrons. The van der Waals surface area contributed by atoms with Gasteiger partial charge < -0.3 is 5.73 Å². The third-order valence-electron chi connectivity index (χ3n) is 0.349. The summed E-state index contributed by atoms with van der Waals surface area (Å²) in [6, 6.07) is 3.19. The lowest BCUT2D eigenvalue weighted by Crippen LogP contribution is -1.90. The summed E-state index contributed by atoms with van der Waals surface area (Å²) < 4.78 is 0.